The maximum Gasteiger partial charge on any atom is 0.344 e. The summed E-state index contributed by atoms with van der Waals surface area (Å²) in [6.45, 7) is 7.20. The van der Waals surface area contributed by atoms with Gasteiger partial charge in [-0.25, -0.2) is 14.6 Å². The number of hydrogen-bond acceptors (Lipinski definition) is 8. The largest absolute Gasteiger partial charge is 0.479 e. The lowest BCUT2D eigenvalue weighted by molar-refractivity contribution is -0.145. The zero-order valence-electron chi connectivity index (χ0n) is 21.7. The fraction of sp³-hybridized carbons (Fsp3) is 0.286. The molecular formula is C28H26Cl2N2O6S. The molecule has 0 unspecified atom stereocenters. The summed E-state index contributed by atoms with van der Waals surface area (Å²) in [6, 6.07) is 10.1. The summed E-state index contributed by atoms with van der Waals surface area (Å²) in [5.74, 6) is -0.926. The maximum atomic E-state index is 13.7. The molecule has 0 N–H and O–H groups in total. The van der Waals surface area contributed by atoms with Gasteiger partial charge in [0, 0.05) is 0 Å². The predicted molar refractivity (Wildman–Crippen MR) is 150 cm³/mol. The summed E-state index contributed by atoms with van der Waals surface area (Å²) >= 11 is 14.0. The summed E-state index contributed by atoms with van der Waals surface area (Å²) in [6.07, 6.45) is 1.65. The first kappa shape index (κ1) is 28.6. The molecule has 2 heterocycles. The van der Waals surface area contributed by atoms with Crippen LogP contribution in [0.5, 0.6) is 5.75 Å². The van der Waals surface area contributed by atoms with Crippen LogP contribution in [-0.4, -0.2) is 36.3 Å². The van der Waals surface area contributed by atoms with E-state index in [4.69, 9.17) is 37.4 Å². The highest BCUT2D eigenvalue weighted by Gasteiger charge is 2.33. The predicted octanol–water partition coefficient (Wildman–Crippen LogP) is 4.36. The zero-order valence-corrected chi connectivity index (χ0v) is 24.1. The van der Waals surface area contributed by atoms with Gasteiger partial charge in [0.1, 0.15) is 0 Å². The van der Waals surface area contributed by atoms with E-state index in [1.807, 2.05) is 31.2 Å². The van der Waals surface area contributed by atoms with Crippen LogP contribution in [0.2, 0.25) is 10.0 Å². The van der Waals surface area contributed by atoms with Gasteiger partial charge >= 0.3 is 11.9 Å². The SMILES string of the molecule is CCOC(=O)COc1c(Cl)cc(/C=c2/sc3n(c2=O)[C@H](c2ccc(C)cc2)C(C(=O)OCC)=C(C)N=3)cc1Cl. The number of aromatic nitrogens is 1. The van der Waals surface area contributed by atoms with Crippen LogP contribution >= 0.6 is 34.5 Å². The highest BCUT2D eigenvalue weighted by atomic mass is 35.5. The molecule has 1 aliphatic heterocycles. The number of hydrogen-bond donors (Lipinski definition) is 0. The van der Waals surface area contributed by atoms with Crippen molar-refractivity contribution in [2.75, 3.05) is 19.8 Å². The number of nitrogens with zero attached hydrogens (tertiary/aromatic N) is 2. The van der Waals surface area contributed by atoms with Crippen LogP contribution in [0.3, 0.4) is 0 Å². The standard InChI is InChI=1S/C28H26Cl2N2O6S/c1-5-36-22(33)14-38-25-19(29)11-17(12-20(25)30)13-21-26(34)32-24(18-9-7-15(3)8-10-18)23(27(35)37-6-2)16(4)31-28(32)39-21/h7-13,24H,5-6,14H2,1-4H3/b21-13+/t24-/m1/s1. The molecule has 2 aromatic carbocycles. The van der Waals surface area contributed by atoms with Gasteiger partial charge in [0.2, 0.25) is 0 Å². The lowest BCUT2D eigenvalue weighted by Gasteiger charge is -2.24. The van der Waals surface area contributed by atoms with Crippen molar-refractivity contribution in [2.24, 2.45) is 4.99 Å². The monoisotopic (exact) mass is 588 g/mol. The van der Waals surface area contributed by atoms with E-state index in [0.717, 1.165) is 11.1 Å². The van der Waals surface area contributed by atoms with Crippen LogP contribution < -0.4 is 19.6 Å². The molecule has 0 saturated heterocycles. The van der Waals surface area contributed by atoms with Crippen molar-refractivity contribution >= 4 is 52.6 Å². The van der Waals surface area contributed by atoms with Gasteiger partial charge in [-0.15, -0.1) is 0 Å². The normalized spacial score (nSPS) is 15.0. The van der Waals surface area contributed by atoms with Crippen molar-refractivity contribution in [1.29, 1.82) is 0 Å². The molecule has 8 nitrogen and oxygen atoms in total. The molecule has 0 amide bonds. The topological polar surface area (TPSA) is 96.2 Å². The van der Waals surface area contributed by atoms with Crippen molar-refractivity contribution < 1.29 is 23.8 Å². The molecule has 0 saturated carbocycles. The van der Waals surface area contributed by atoms with Gasteiger partial charge in [-0.2, -0.15) is 0 Å². The number of rotatable bonds is 8. The summed E-state index contributed by atoms with van der Waals surface area (Å²) < 4.78 is 17.5. The number of allylic oxidation sites excluding steroid dienone is 1. The molecule has 3 aromatic rings. The third-order valence-corrected chi connectivity index (χ3v) is 7.41. The number of fused-ring (bicyclic) bond motifs is 1. The van der Waals surface area contributed by atoms with Gasteiger partial charge in [-0.05, 0) is 57.0 Å². The third kappa shape index (κ3) is 6.11. The summed E-state index contributed by atoms with van der Waals surface area (Å²) in [5.41, 5.74) is 2.84. The minimum absolute atomic E-state index is 0.138. The van der Waals surface area contributed by atoms with Gasteiger partial charge in [0.15, 0.2) is 17.2 Å². The molecule has 11 heteroatoms. The van der Waals surface area contributed by atoms with Crippen molar-refractivity contribution in [3.8, 4) is 5.75 Å². The molecule has 0 fully saturated rings. The van der Waals surface area contributed by atoms with Crippen molar-refractivity contribution in [1.82, 2.24) is 4.57 Å². The maximum absolute atomic E-state index is 13.7. The highest BCUT2D eigenvalue weighted by molar-refractivity contribution is 7.07. The quantitative estimate of drug-likeness (QED) is 0.363. The Hall–Kier alpha value is -3.40. The number of halogens is 2. The Morgan fingerprint density at radius 1 is 1.05 bits per heavy atom. The second-order valence-electron chi connectivity index (χ2n) is 8.62. The van der Waals surface area contributed by atoms with E-state index in [9.17, 15) is 14.4 Å². The van der Waals surface area contributed by atoms with Gasteiger partial charge in [-0.1, -0.05) is 64.4 Å². The van der Waals surface area contributed by atoms with Crippen molar-refractivity contribution in [3.63, 3.8) is 0 Å². The minimum atomic E-state index is -0.700. The molecule has 0 radical (unpaired) electrons. The first-order valence-electron chi connectivity index (χ1n) is 12.2. The van der Waals surface area contributed by atoms with Crippen LogP contribution in [0, 0.1) is 6.92 Å². The van der Waals surface area contributed by atoms with E-state index >= 15 is 0 Å². The molecule has 0 aliphatic carbocycles. The number of thiazole rings is 1. The third-order valence-electron chi connectivity index (χ3n) is 5.87. The smallest absolute Gasteiger partial charge is 0.344 e. The van der Waals surface area contributed by atoms with Gasteiger partial charge in [-0.3, -0.25) is 9.36 Å². The average molecular weight is 589 g/mol. The van der Waals surface area contributed by atoms with Gasteiger partial charge in [0.25, 0.3) is 5.56 Å². The second-order valence-corrected chi connectivity index (χ2v) is 10.4. The molecule has 204 valence electrons. The van der Waals surface area contributed by atoms with E-state index in [2.05, 4.69) is 4.99 Å². The number of aryl methyl sites for hydroxylation is 1. The Morgan fingerprint density at radius 3 is 2.31 bits per heavy atom. The zero-order chi connectivity index (χ0) is 28.3. The number of ether oxygens (including phenoxy) is 3. The number of carbonyl (C=O) groups excluding carboxylic acids is 2. The molecule has 4 rings (SSSR count). The van der Waals surface area contributed by atoms with Crippen LogP contribution in [0.4, 0.5) is 0 Å². The van der Waals surface area contributed by atoms with E-state index in [1.165, 1.54) is 15.9 Å². The summed E-state index contributed by atoms with van der Waals surface area (Å²) in [7, 11) is 0. The highest BCUT2D eigenvalue weighted by Crippen LogP contribution is 2.35. The fourth-order valence-electron chi connectivity index (χ4n) is 4.14. The van der Waals surface area contributed by atoms with Crippen molar-refractivity contribution in [2.45, 2.75) is 33.7 Å². The molecule has 0 spiro atoms. The molecule has 0 bridgehead atoms. The van der Waals surface area contributed by atoms with E-state index in [1.54, 1.807) is 39.0 Å². The number of esters is 2. The fourth-order valence-corrected chi connectivity index (χ4v) is 5.80. The van der Waals surface area contributed by atoms with Crippen molar-refractivity contribution in [3.05, 3.63) is 94.1 Å². The number of carbonyl (C=O) groups is 2. The molecule has 39 heavy (non-hydrogen) atoms. The van der Waals surface area contributed by atoms with E-state index < -0.39 is 18.0 Å². The van der Waals surface area contributed by atoms with Crippen LogP contribution in [0.15, 0.2) is 57.5 Å². The second kappa shape index (κ2) is 12.2. The van der Waals surface area contributed by atoms with E-state index in [0.29, 0.717) is 26.2 Å². The first-order valence-corrected chi connectivity index (χ1v) is 13.8. The molecule has 1 atom stereocenters. The van der Waals surface area contributed by atoms with Crippen LogP contribution in [-0.2, 0) is 19.1 Å². The Kier molecular flexibility index (Phi) is 8.94. The minimum Gasteiger partial charge on any atom is -0.479 e. The summed E-state index contributed by atoms with van der Waals surface area (Å²) in [5, 5.41) is 0.340. The van der Waals surface area contributed by atoms with Crippen LogP contribution in [0.1, 0.15) is 43.5 Å². The lowest BCUT2D eigenvalue weighted by atomic mass is 9.95. The Bertz CT molecular complexity index is 1620. The Morgan fingerprint density at radius 2 is 1.69 bits per heavy atom. The van der Waals surface area contributed by atoms with Gasteiger partial charge < -0.3 is 14.2 Å². The Labute approximate surface area is 238 Å². The molecule has 1 aromatic heterocycles. The first-order chi connectivity index (χ1) is 18.6. The molecule has 1 aliphatic rings. The Balaban J connectivity index is 1.80. The average Bonchev–Trinajstić information content (AvgIpc) is 3.17. The summed E-state index contributed by atoms with van der Waals surface area (Å²) in [4.78, 5) is 43.4. The molecular weight excluding hydrogens is 563 g/mol. The number of benzene rings is 2. The van der Waals surface area contributed by atoms with Crippen LogP contribution in [0.25, 0.3) is 6.08 Å². The van der Waals surface area contributed by atoms with E-state index in [-0.39, 0.29) is 41.2 Å². The lowest BCUT2D eigenvalue weighted by Crippen LogP contribution is -2.39. The van der Waals surface area contributed by atoms with Gasteiger partial charge in [0.05, 0.1) is 45.1 Å².